The molecule has 4 aliphatic rings. The van der Waals surface area contributed by atoms with Crippen LogP contribution in [0, 0.1) is 65.1 Å². The van der Waals surface area contributed by atoms with Crippen molar-refractivity contribution in [1.29, 1.82) is 0 Å². The van der Waals surface area contributed by atoms with Crippen molar-refractivity contribution in [3.05, 3.63) is 18.8 Å². The number of hydrogen-bond acceptors (Lipinski definition) is 1. The molecular weight excluding hydrogens is 482 g/mol. The van der Waals surface area contributed by atoms with Crippen LogP contribution in [-0.4, -0.2) is 5.78 Å². The molecule has 173 valence electrons. The van der Waals surface area contributed by atoms with Crippen molar-refractivity contribution in [1.82, 2.24) is 0 Å². The van der Waals surface area contributed by atoms with Crippen molar-refractivity contribution in [2.45, 2.75) is 98.8 Å². The Labute approximate surface area is 201 Å². The van der Waals surface area contributed by atoms with Crippen LogP contribution in [0.5, 0.6) is 0 Å². The van der Waals surface area contributed by atoms with Gasteiger partial charge in [0.25, 0.3) is 0 Å². The fraction of sp³-hybridized carbons (Fsp3) is 0.852. The number of carbonyl (C=O) groups is 1. The van der Waals surface area contributed by atoms with E-state index in [0.717, 1.165) is 48.3 Å². The topological polar surface area (TPSA) is 17.1 Å². The van der Waals surface area contributed by atoms with Gasteiger partial charge in [0.2, 0.25) is 0 Å². The van der Waals surface area contributed by atoms with E-state index >= 15 is 0 Å². The molecule has 30 heavy (non-hydrogen) atoms. The summed E-state index contributed by atoms with van der Waals surface area (Å²) < 4.78 is 0. The molecule has 0 aromatic carbocycles. The van der Waals surface area contributed by atoms with Crippen molar-refractivity contribution in [2.24, 2.45) is 46.3 Å². The van der Waals surface area contributed by atoms with Gasteiger partial charge in [-0.2, -0.15) is 0 Å². The summed E-state index contributed by atoms with van der Waals surface area (Å²) in [5.74, 6) is 7.00. The van der Waals surface area contributed by atoms with Crippen LogP contribution >= 0.6 is 9.53 Å². The molecule has 1 nitrogen and oxygen atoms in total. The Bertz CT molecular complexity index is 591. The minimum absolute atomic E-state index is 0.277. The Morgan fingerprint density at radius 1 is 1.07 bits per heavy atom. The second-order valence-corrected chi connectivity index (χ2v) is 11.8. The molecule has 0 spiro atoms. The van der Waals surface area contributed by atoms with Crippen molar-refractivity contribution in [3.63, 3.8) is 0 Å². The summed E-state index contributed by atoms with van der Waals surface area (Å²) in [6.07, 6.45) is 17.5. The standard InChI is InChI=1S/C27H43O.ClH.Pd/c1-18(2)7-6-8-19(3)23-11-12-24-22-10-9-20-17-21(28)13-15-26(20,4)25(22)14-16-27(23,24)5;;/h9,17-19,22-25H,6-8,10-16H2,1-5H3;1H;/q;;+2/p-1/t19-,22+,23-,24+,25+,26+,27-;;/m1../s1. The number of fused-ring (bicyclic) bond motifs is 5. The van der Waals surface area contributed by atoms with Gasteiger partial charge in [0.05, 0.1) is 0 Å². The minimum atomic E-state index is 0.277. The molecule has 3 radical (unpaired) electrons. The van der Waals surface area contributed by atoms with E-state index in [0.29, 0.717) is 11.2 Å². The number of rotatable bonds is 5. The zero-order valence-corrected chi connectivity index (χ0v) is 22.1. The van der Waals surface area contributed by atoms with Gasteiger partial charge in [-0.15, -0.1) is 0 Å². The molecule has 0 unspecified atom stereocenters. The van der Waals surface area contributed by atoms with E-state index in [1.807, 2.05) is 6.42 Å². The molecule has 0 aliphatic heterocycles. The quantitative estimate of drug-likeness (QED) is 0.333. The predicted octanol–water partition coefficient (Wildman–Crippen LogP) is 7.95. The molecule has 0 saturated heterocycles. The number of ketones is 1. The molecule has 0 N–H and O–H groups in total. The van der Waals surface area contributed by atoms with E-state index in [9.17, 15) is 4.79 Å². The van der Waals surface area contributed by atoms with Crippen molar-refractivity contribution >= 4 is 15.3 Å². The zero-order valence-electron chi connectivity index (χ0n) is 19.8. The van der Waals surface area contributed by atoms with Crippen LogP contribution in [0.25, 0.3) is 0 Å². The van der Waals surface area contributed by atoms with E-state index < -0.39 is 0 Å². The molecule has 7 atom stereocenters. The summed E-state index contributed by atoms with van der Waals surface area (Å²) in [5.41, 5.74) is 0.841. The average molecular weight is 526 g/mol. The van der Waals surface area contributed by atoms with E-state index in [1.165, 1.54) is 57.3 Å². The first kappa shape index (κ1) is 25.2. The van der Waals surface area contributed by atoms with Crippen molar-refractivity contribution in [3.8, 4) is 0 Å². The summed E-state index contributed by atoms with van der Waals surface area (Å²) >= 11 is 2.22. The van der Waals surface area contributed by atoms with E-state index in [4.69, 9.17) is 0 Å². The van der Waals surface area contributed by atoms with Gasteiger partial charge < -0.3 is 0 Å². The van der Waals surface area contributed by atoms with Crippen LogP contribution in [0.2, 0.25) is 0 Å². The van der Waals surface area contributed by atoms with Gasteiger partial charge in [0, 0.05) is 12.8 Å². The summed E-state index contributed by atoms with van der Waals surface area (Å²) in [7, 11) is 4.49. The molecule has 0 amide bonds. The fourth-order valence-electron chi connectivity index (χ4n) is 8.32. The molecule has 0 aromatic rings. The summed E-state index contributed by atoms with van der Waals surface area (Å²) in [4.78, 5) is 12.0. The van der Waals surface area contributed by atoms with Crippen LogP contribution in [0.15, 0.2) is 0 Å². The van der Waals surface area contributed by atoms with Gasteiger partial charge in [-0.05, 0) is 97.2 Å². The molecule has 4 aliphatic carbocycles. The third-order valence-corrected chi connectivity index (χ3v) is 9.93. The van der Waals surface area contributed by atoms with Gasteiger partial charge >= 0.3 is 27.7 Å². The van der Waals surface area contributed by atoms with Gasteiger partial charge in [0.15, 0.2) is 0 Å². The maximum atomic E-state index is 12.0. The molecular formula is C27H43ClOPd+. The van der Waals surface area contributed by atoms with Gasteiger partial charge in [-0.3, -0.25) is 4.79 Å². The molecule has 4 fully saturated rings. The number of halogens is 1. The Morgan fingerprint density at radius 2 is 1.80 bits per heavy atom. The van der Waals surface area contributed by atoms with Crippen LogP contribution in [-0.2, 0) is 23.0 Å². The normalized spacial score (nSPS) is 42.1. The monoisotopic (exact) mass is 524 g/mol. The maximum absolute atomic E-state index is 12.0. The molecule has 3 heteroatoms. The second kappa shape index (κ2) is 10.3. The van der Waals surface area contributed by atoms with E-state index in [1.54, 1.807) is 0 Å². The SMILES string of the molecule is CC(C)CCC[C@@H](C)[C@H]1CC[C@H]2[C@@H]3C[CH][C]4[CH]C(=O)CC[C@]4(C)[C@H]3CC[C@]12C.[Cl][Pd+]. The molecule has 0 heterocycles. The van der Waals surface area contributed by atoms with Crippen molar-refractivity contribution in [2.75, 3.05) is 0 Å². The molecule has 0 aromatic heterocycles. The Hall–Kier alpha value is 0.622. The van der Waals surface area contributed by atoms with E-state index in [-0.39, 0.29) is 5.41 Å². The van der Waals surface area contributed by atoms with Crippen molar-refractivity contribution < 1.29 is 23.0 Å². The number of hydrogen-bond donors (Lipinski definition) is 0. The van der Waals surface area contributed by atoms with Gasteiger partial charge in [-0.1, -0.05) is 53.9 Å². The third kappa shape index (κ3) is 4.64. The van der Waals surface area contributed by atoms with Crippen LogP contribution in [0.1, 0.15) is 98.8 Å². The Balaban J connectivity index is 0.00000124. The fourth-order valence-corrected chi connectivity index (χ4v) is 8.32. The first-order valence-corrected chi connectivity index (χ1v) is 14.5. The van der Waals surface area contributed by atoms with Gasteiger partial charge in [0.1, 0.15) is 5.78 Å². The van der Waals surface area contributed by atoms with E-state index in [2.05, 4.69) is 68.7 Å². The predicted molar refractivity (Wildman–Crippen MR) is 123 cm³/mol. The Morgan fingerprint density at radius 3 is 2.50 bits per heavy atom. The number of Topliss-reactive ketones (excluding diaryl/α,β-unsaturated/α-hetero) is 1. The Kier molecular flexibility index (Phi) is 8.64. The van der Waals surface area contributed by atoms with Crippen LogP contribution in [0.4, 0.5) is 0 Å². The average Bonchev–Trinajstić information content (AvgIpc) is 3.07. The molecule has 0 bridgehead atoms. The van der Waals surface area contributed by atoms with Crippen LogP contribution < -0.4 is 0 Å². The first-order valence-electron chi connectivity index (χ1n) is 12.5. The van der Waals surface area contributed by atoms with Gasteiger partial charge in [-0.25, -0.2) is 0 Å². The summed E-state index contributed by atoms with van der Waals surface area (Å²) in [5, 5.41) is 0. The van der Waals surface area contributed by atoms with Crippen LogP contribution in [0.3, 0.4) is 0 Å². The summed E-state index contributed by atoms with van der Waals surface area (Å²) in [6.45, 7) is 12.4. The first-order chi connectivity index (χ1) is 14.3. The zero-order chi connectivity index (χ0) is 22.1. The number of carbonyl (C=O) groups excluding carboxylic acids is 1. The summed E-state index contributed by atoms with van der Waals surface area (Å²) in [6, 6.07) is 0. The third-order valence-electron chi connectivity index (χ3n) is 9.93. The second-order valence-electron chi connectivity index (χ2n) is 11.8. The molecule has 4 rings (SSSR count). The molecule has 4 saturated carbocycles.